The first-order valence-electron chi connectivity index (χ1n) is 3.01. The van der Waals surface area contributed by atoms with Crippen LogP contribution in [0.4, 0.5) is 0 Å². The first-order chi connectivity index (χ1) is 4.70. The molecule has 1 aromatic rings. The Morgan fingerprint density at radius 2 is 1.80 bits per heavy atom. The Kier molecular flexibility index (Phi) is 2.43. The molecule has 52 valence electrons. The molecule has 1 aromatic carbocycles. The first kappa shape index (κ1) is 7.72. The van der Waals surface area contributed by atoms with Crippen LogP contribution in [0.3, 0.4) is 0 Å². The molecule has 0 atom stereocenters. The van der Waals surface area contributed by atoms with Crippen LogP contribution in [0.15, 0.2) is 24.3 Å². The largest absolute Gasteiger partial charge is 0.305 e. The van der Waals surface area contributed by atoms with E-state index in [0.717, 1.165) is 5.56 Å². The number of benzene rings is 1. The highest BCUT2D eigenvalue weighted by Crippen LogP contribution is 2.06. The second-order valence-electron chi connectivity index (χ2n) is 2.13. The molecule has 0 aliphatic rings. The predicted molar refractivity (Wildman–Crippen MR) is 51.7 cm³/mol. The van der Waals surface area contributed by atoms with Gasteiger partial charge in [-0.05, 0) is 47.2 Å². The van der Waals surface area contributed by atoms with Crippen LogP contribution in [0.1, 0.15) is 12.5 Å². The number of rotatable bonds is 1. The van der Waals surface area contributed by atoms with Gasteiger partial charge in [-0.15, -0.1) is 0 Å². The minimum atomic E-state index is 0.622. The summed E-state index contributed by atoms with van der Waals surface area (Å²) >= 11 is 2.25. The van der Waals surface area contributed by atoms with Crippen molar-refractivity contribution in [1.82, 2.24) is 0 Å². The van der Waals surface area contributed by atoms with Crippen molar-refractivity contribution in [3.63, 3.8) is 0 Å². The molecule has 0 aliphatic carbocycles. The van der Waals surface area contributed by atoms with Crippen LogP contribution in [0.25, 0.3) is 0 Å². The lowest BCUT2D eigenvalue weighted by molar-refractivity contribution is 1.45. The maximum Gasteiger partial charge on any atom is 0.0355 e. The topological polar surface area (TPSA) is 23.9 Å². The Hall–Kier alpha value is -0.380. The van der Waals surface area contributed by atoms with Gasteiger partial charge in [0.25, 0.3) is 0 Å². The van der Waals surface area contributed by atoms with Crippen LogP contribution >= 0.6 is 22.6 Å². The van der Waals surface area contributed by atoms with Gasteiger partial charge in [-0.25, -0.2) is 0 Å². The third-order valence-corrected chi connectivity index (χ3v) is 2.00. The lowest BCUT2D eigenvalue weighted by Crippen LogP contribution is -1.90. The van der Waals surface area contributed by atoms with E-state index in [2.05, 4.69) is 22.6 Å². The van der Waals surface area contributed by atoms with Crippen molar-refractivity contribution in [3.8, 4) is 0 Å². The molecular weight excluding hydrogens is 237 g/mol. The van der Waals surface area contributed by atoms with Gasteiger partial charge in [0.05, 0.1) is 0 Å². The van der Waals surface area contributed by atoms with Crippen LogP contribution in [0.5, 0.6) is 0 Å². The minimum absolute atomic E-state index is 0.622. The van der Waals surface area contributed by atoms with E-state index < -0.39 is 0 Å². The Bertz CT molecular complexity index is 238. The number of hydrogen-bond donors (Lipinski definition) is 1. The maximum absolute atomic E-state index is 7.30. The zero-order valence-corrected chi connectivity index (χ0v) is 7.84. The van der Waals surface area contributed by atoms with E-state index in [0.29, 0.717) is 5.71 Å². The van der Waals surface area contributed by atoms with Gasteiger partial charge in [0.15, 0.2) is 0 Å². The third-order valence-electron chi connectivity index (χ3n) is 1.28. The summed E-state index contributed by atoms with van der Waals surface area (Å²) < 4.78 is 1.21. The van der Waals surface area contributed by atoms with E-state index in [1.807, 2.05) is 24.3 Å². The summed E-state index contributed by atoms with van der Waals surface area (Å²) in [6.07, 6.45) is 0. The number of nitrogens with one attached hydrogen (secondary N) is 1. The normalized spacial score (nSPS) is 9.40. The van der Waals surface area contributed by atoms with Crippen LogP contribution in [-0.4, -0.2) is 5.71 Å². The summed E-state index contributed by atoms with van der Waals surface area (Å²) in [5.74, 6) is 0. The molecule has 0 radical (unpaired) electrons. The zero-order valence-electron chi connectivity index (χ0n) is 5.69. The summed E-state index contributed by atoms with van der Waals surface area (Å²) in [6.45, 7) is 1.79. The van der Waals surface area contributed by atoms with Gasteiger partial charge in [-0.1, -0.05) is 12.1 Å². The monoisotopic (exact) mass is 245 g/mol. The lowest BCUT2D eigenvalue weighted by Gasteiger charge is -1.95. The van der Waals surface area contributed by atoms with Crippen molar-refractivity contribution in [1.29, 1.82) is 5.41 Å². The van der Waals surface area contributed by atoms with Gasteiger partial charge in [0.2, 0.25) is 0 Å². The van der Waals surface area contributed by atoms with E-state index in [4.69, 9.17) is 5.41 Å². The van der Waals surface area contributed by atoms with Gasteiger partial charge in [-0.3, -0.25) is 0 Å². The van der Waals surface area contributed by atoms with Crippen molar-refractivity contribution in [2.45, 2.75) is 6.92 Å². The molecule has 0 unspecified atom stereocenters. The Labute approximate surface area is 74.1 Å². The fourth-order valence-corrected chi connectivity index (χ4v) is 1.06. The van der Waals surface area contributed by atoms with Crippen molar-refractivity contribution < 1.29 is 0 Å². The van der Waals surface area contributed by atoms with Gasteiger partial charge < -0.3 is 5.41 Å². The Morgan fingerprint density at radius 1 is 1.30 bits per heavy atom. The highest BCUT2D eigenvalue weighted by molar-refractivity contribution is 14.1. The van der Waals surface area contributed by atoms with Gasteiger partial charge >= 0.3 is 0 Å². The molecule has 0 bridgehead atoms. The lowest BCUT2D eigenvalue weighted by atomic mass is 10.1. The fourth-order valence-electron chi connectivity index (χ4n) is 0.700. The third kappa shape index (κ3) is 1.80. The number of halogens is 1. The van der Waals surface area contributed by atoms with Gasteiger partial charge in [0, 0.05) is 9.28 Å². The number of hydrogen-bond acceptors (Lipinski definition) is 1. The molecule has 1 nitrogen and oxygen atoms in total. The molecule has 0 aromatic heterocycles. The van der Waals surface area contributed by atoms with Crippen LogP contribution in [0, 0.1) is 8.98 Å². The van der Waals surface area contributed by atoms with Crippen molar-refractivity contribution in [3.05, 3.63) is 33.4 Å². The van der Waals surface area contributed by atoms with Crippen molar-refractivity contribution >= 4 is 28.3 Å². The van der Waals surface area contributed by atoms with Crippen LogP contribution in [0.2, 0.25) is 0 Å². The minimum Gasteiger partial charge on any atom is -0.305 e. The summed E-state index contributed by atoms with van der Waals surface area (Å²) in [4.78, 5) is 0. The molecule has 0 spiro atoms. The molecule has 0 saturated heterocycles. The van der Waals surface area contributed by atoms with E-state index >= 15 is 0 Å². The Balaban J connectivity index is 3.00. The van der Waals surface area contributed by atoms with Gasteiger partial charge in [0.1, 0.15) is 0 Å². The average Bonchev–Trinajstić information content (AvgIpc) is 1.88. The highest BCUT2D eigenvalue weighted by Gasteiger charge is 1.92. The molecule has 1 rings (SSSR count). The maximum atomic E-state index is 7.30. The van der Waals surface area contributed by atoms with Crippen molar-refractivity contribution in [2.75, 3.05) is 0 Å². The predicted octanol–water partition coefficient (Wildman–Crippen LogP) is 2.68. The quantitative estimate of drug-likeness (QED) is 0.581. The standard InChI is InChI=1S/C8H8IN/c1-6(10)7-2-4-8(9)5-3-7/h2-5,10H,1H3. The second-order valence-corrected chi connectivity index (χ2v) is 3.38. The van der Waals surface area contributed by atoms with Crippen LogP contribution < -0.4 is 0 Å². The van der Waals surface area contributed by atoms with Crippen LogP contribution in [-0.2, 0) is 0 Å². The molecular formula is C8H8IN. The smallest absolute Gasteiger partial charge is 0.0355 e. The zero-order chi connectivity index (χ0) is 7.56. The molecule has 1 N–H and O–H groups in total. The summed E-state index contributed by atoms with van der Waals surface area (Å²) in [7, 11) is 0. The Morgan fingerprint density at radius 3 is 2.20 bits per heavy atom. The molecule has 0 fully saturated rings. The highest BCUT2D eigenvalue weighted by atomic mass is 127. The van der Waals surface area contributed by atoms with E-state index in [1.165, 1.54) is 3.57 Å². The molecule has 0 heterocycles. The molecule has 2 heteroatoms. The fraction of sp³-hybridized carbons (Fsp3) is 0.125. The second kappa shape index (κ2) is 3.14. The van der Waals surface area contributed by atoms with Crippen molar-refractivity contribution in [2.24, 2.45) is 0 Å². The van der Waals surface area contributed by atoms with Gasteiger partial charge in [-0.2, -0.15) is 0 Å². The summed E-state index contributed by atoms with van der Waals surface area (Å²) in [5, 5.41) is 7.30. The summed E-state index contributed by atoms with van der Waals surface area (Å²) in [6, 6.07) is 7.94. The van der Waals surface area contributed by atoms with E-state index in [1.54, 1.807) is 6.92 Å². The first-order valence-corrected chi connectivity index (χ1v) is 4.09. The molecule has 10 heavy (non-hydrogen) atoms. The van der Waals surface area contributed by atoms with E-state index in [-0.39, 0.29) is 0 Å². The molecule has 0 aliphatic heterocycles. The van der Waals surface area contributed by atoms with E-state index in [9.17, 15) is 0 Å². The molecule has 0 saturated carbocycles. The molecule has 0 amide bonds. The SMILES string of the molecule is CC(=N)c1ccc(I)cc1. The summed E-state index contributed by atoms with van der Waals surface area (Å²) in [5.41, 5.74) is 1.62. The average molecular weight is 245 g/mol.